The Hall–Kier alpha value is -3.24. The molecule has 0 atom stereocenters. The van der Waals surface area contributed by atoms with Crippen molar-refractivity contribution in [1.29, 1.82) is 0 Å². The molecular formula is C27H26F2N2. The molecule has 1 aromatic heterocycles. The minimum atomic E-state index is -0.806. The van der Waals surface area contributed by atoms with Gasteiger partial charge in [-0.3, -0.25) is 4.90 Å². The average molecular weight is 417 g/mol. The first kappa shape index (κ1) is 21.0. The van der Waals surface area contributed by atoms with Gasteiger partial charge >= 0.3 is 0 Å². The number of hydrogen-bond donors (Lipinski definition) is 0. The maximum absolute atomic E-state index is 14.4. The maximum atomic E-state index is 14.4. The van der Waals surface area contributed by atoms with Crippen molar-refractivity contribution in [2.75, 3.05) is 0 Å². The second-order valence-electron chi connectivity index (χ2n) is 7.96. The normalized spacial score (nSPS) is 11.2. The standard InChI is InChI=1S/C27H26F2N2/c1-21-8-5-11-23(16-21)18-31-15-7-13-25(31)20-30(17-22-9-3-2-4-10-22)19-24-12-6-14-26(28)27(24)29/h2-16H,17-20H2,1H3. The summed E-state index contributed by atoms with van der Waals surface area (Å²) in [6.45, 7) is 4.47. The maximum Gasteiger partial charge on any atom is 0.163 e. The molecule has 158 valence electrons. The van der Waals surface area contributed by atoms with Crippen LogP contribution in [0.15, 0.2) is 91.1 Å². The lowest BCUT2D eigenvalue weighted by atomic mass is 10.1. The zero-order valence-corrected chi connectivity index (χ0v) is 17.6. The van der Waals surface area contributed by atoms with Gasteiger partial charge in [-0.2, -0.15) is 0 Å². The minimum absolute atomic E-state index is 0.327. The Balaban J connectivity index is 1.57. The van der Waals surface area contributed by atoms with Gasteiger partial charge in [-0.25, -0.2) is 8.78 Å². The fraction of sp³-hybridized carbons (Fsp3) is 0.185. The molecule has 0 aliphatic carbocycles. The summed E-state index contributed by atoms with van der Waals surface area (Å²) in [5, 5.41) is 0. The van der Waals surface area contributed by atoms with Crippen LogP contribution in [0.3, 0.4) is 0 Å². The lowest BCUT2D eigenvalue weighted by Gasteiger charge is -2.24. The van der Waals surface area contributed by atoms with Crippen molar-refractivity contribution in [2.45, 2.75) is 33.1 Å². The van der Waals surface area contributed by atoms with Gasteiger partial charge in [-0.1, -0.05) is 72.3 Å². The molecule has 0 unspecified atom stereocenters. The first-order valence-corrected chi connectivity index (χ1v) is 10.5. The Morgan fingerprint density at radius 1 is 0.742 bits per heavy atom. The molecule has 2 nitrogen and oxygen atoms in total. The smallest absolute Gasteiger partial charge is 0.163 e. The Bertz CT molecular complexity index is 1130. The number of aryl methyl sites for hydroxylation is 1. The van der Waals surface area contributed by atoms with E-state index in [9.17, 15) is 8.78 Å². The largest absolute Gasteiger partial charge is 0.346 e. The number of aromatic nitrogens is 1. The third-order valence-electron chi connectivity index (χ3n) is 5.42. The molecule has 0 aliphatic heterocycles. The zero-order valence-electron chi connectivity index (χ0n) is 17.6. The lowest BCUT2D eigenvalue weighted by molar-refractivity contribution is 0.237. The second-order valence-corrected chi connectivity index (χ2v) is 7.96. The third kappa shape index (κ3) is 5.47. The van der Waals surface area contributed by atoms with E-state index in [1.165, 1.54) is 11.1 Å². The van der Waals surface area contributed by atoms with E-state index < -0.39 is 11.6 Å². The second kappa shape index (κ2) is 9.71. The van der Waals surface area contributed by atoms with Gasteiger partial charge in [0, 0.05) is 43.6 Å². The summed E-state index contributed by atoms with van der Waals surface area (Å²) in [5.41, 5.74) is 5.11. The molecule has 0 saturated carbocycles. The van der Waals surface area contributed by atoms with Crippen LogP contribution >= 0.6 is 0 Å². The summed E-state index contributed by atoms with van der Waals surface area (Å²) in [4.78, 5) is 2.15. The van der Waals surface area contributed by atoms with E-state index in [0.29, 0.717) is 25.2 Å². The van der Waals surface area contributed by atoms with Crippen LogP contribution in [0.25, 0.3) is 0 Å². The fourth-order valence-electron chi connectivity index (χ4n) is 3.90. The van der Waals surface area contributed by atoms with Crippen LogP contribution < -0.4 is 0 Å². The minimum Gasteiger partial charge on any atom is -0.346 e. The van der Waals surface area contributed by atoms with Crippen LogP contribution in [0.5, 0.6) is 0 Å². The van der Waals surface area contributed by atoms with Crippen LogP contribution in [0, 0.1) is 18.6 Å². The fourth-order valence-corrected chi connectivity index (χ4v) is 3.90. The molecule has 3 aromatic carbocycles. The van der Waals surface area contributed by atoms with Crippen molar-refractivity contribution in [1.82, 2.24) is 9.47 Å². The van der Waals surface area contributed by atoms with Crippen molar-refractivity contribution in [3.05, 3.63) is 131 Å². The van der Waals surface area contributed by atoms with Crippen LogP contribution in [0.2, 0.25) is 0 Å². The number of hydrogen-bond acceptors (Lipinski definition) is 1. The van der Waals surface area contributed by atoms with E-state index in [-0.39, 0.29) is 0 Å². The SMILES string of the molecule is Cc1cccc(Cn2cccc2CN(Cc2ccccc2)Cc2cccc(F)c2F)c1. The highest BCUT2D eigenvalue weighted by Gasteiger charge is 2.15. The Morgan fingerprint density at radius 2 is 1.52 bits per heavy atom. The number of halogens is 2. The van der Waals surface area contributed by atoms with E-state index in [1.807, 2.05) is 24.3 Å². The molecule has 0 spiro atoms. The Morgan fingerprint density at radius 3 is 2.32 bits per heavy atom. The monoisotopic (exact) mass is 416 g/mol. The van der Waals surface area contributed by atoms with E-state index in [4.69, 9.17) is 0 Å². The van der Waals surface area contributed by atoms with Crippen molar-refractivity contribution < 1.29 is 8.78 Å². The molecule has 0 bridgehead atoms. The van der Waals surface area contributed by atoms with Crippen molar-refractivity contribution in [3.8, 4) is 0 Å². The van der Waals surface area contributed by atoms with Gasteiger partial charge in [-0.15, -0.1) is 0 Å². The van der Waals surface area contributed by atoms with Crippen LogP contribution in [-0.2, 0) is 26.2 Å². The molecule has 4 rings (SSSR count). The predicted octanol–water partition coefficient (Wildman–Crippen LogP) is 6.33. The highest BCUT2D eigenvalue weighted by Crippen LogP contribution is 2.19. The van der Waals surface area contributed by atoms with Crippen LogP contribution in [0.4, 0.5) is 8.78 Å². The molecule has 0 amide bonds. The van der Waals surface area contributed by atoms with E-state index >= 15 is 0 Å². The van der Waals surface area contributed by atoms with Crippen molar-refractivity contribution >= 4 is 0 Å². The van der Waals surface area contributed by atoms with E-state index in [0.717, 1.165) is 23.9 Å². The molecule has 0 radical (unpaired) electrons. The van der Waals surface area contributed by atoms with Gasteiger partial charge in [-0.05, 0) is 36.2 Å². The highest BCUT2D eigenvalue weighted by molar-refractivity contribution is 5.24. The topological polar surface area (TPSA) is 8.17 Å². The van der Waals surface area contributed by atoms with Crippen molar-refractivity contribution in [3.63, 3.8) is 0 Å². The van der Waals surface area contributed by atoms with Gasteiger partial charge in [0.2, 0.25) is 0 Å². The average Bonchev–Trinajstić information content (AvgIpc) is 3.18. The van der Waals surface area contributed by atoms with Gasteiger partial charge in [0.05, 0.1) is 0 Å². The summed E-state index contributed by atoms with van der Waals surface area (Å²) in [7, 11) is 0. The molecular weight excluding hydrogens is 390 g/mol. The number of nitrogens with zero attached hydrogens (tertiary/aromatic N) is 2. The zero-order chi connectivity index (χ0) is 21.6. The lowest BCUT2D eigenvalue weighted by Crippen LogP contribution is -2.24. The van der Waals surface area contributed by atoms with Crippen molar-refractivity contribution in [2.24, 2.45) is 0 Å². The Kier molecular flexibility index (Phi) is 6.58. The highest BCUT2D eigenvalue weighted by atomic mass is 19.2. The first-order chi connectivity index (χ1) is 15.1. The molecule has 31 heavy (non-hydrogen) atoms. The van der Waals surface area contributed by atoms with E-state index in [1.54, 1.807) is 12.1 Å². The summed E-state index contributed by atoms with van der Waals surface area (Å²) in [6.07, 6.45) is 2.07. The summed E-state index contributed by atoms with van der Waals surface area (Å²) in [5.74, 6) is -1.57. The molecule has 0 saturated heterocycles. The molecule has 1 heterocycles. The molecule has 0 N–H and O–H groups in total. The van der Waals surface area contributed by atoms with Crippen LogP contribution in [-0.4, -0.2) is 9.47 Å². The molecule has 0 fully saturated rings. The molecule has 4 aromatic rings. The number of rotatable bonds is 8. The van der Waals surface area contributed by atoms with Gasteiger partial charge < -0.3 is 4.57 Å². The summed E-state index contributed by atoms with van der Waals surface area (Å²) >= 11 is 0. The quantitative estimate of drug-likeness (QED) is 0.326. The summed E-state index contributed by atoms with van der Waals surface area (Å²) in [6, 6.07) is 27.1. The van der Waals surface area contributed by atoms with Gasteiger partial charge in [0.15, 0.2) is 11.6 Å². The summed E-state index contributed by atoms with van der Waals surface area (Å²) < 4.78 is 30.4. The molecule has 0 aliphatic rings. The van der Waals surface area contributed by atoms with E-state index in [2.05, 4.69) is 65.1 Å². The predicted molar refractivity (Wildman–Crippen MR) is 120 cm³/mol. The van der Waals surface area contributed by atoms with Crippen LogP contribution in [0.1, 0.15) is 27.9 Å². The van der Waals surface area contributed by atoms with Gasteiger partial charge in [0.25, 0.3) is 0 Å². The number of benzene rings is 3. The van der Waals surface area contributed by atoms with Gasteiger partial charge in [0.1, 0.15) is 0 Å². The third-order valence-corrected chi connectivity index (χ3v) is 5.42. The Labute approximate surface area is 182 Å². The first-order valence-electron chi connectivity index (χ1n) is 10.5. The molecule has 4 heteroatoms.